The van der Waals surface area contributed by atoms with E-state index in [1.807, 2.05) is 30.3 Å². The first-order chi connectivity index (χ1) is 11.1. The number of ether oxygens (including phenoxy) is 3. The van der Waals surface area contributed by atoms with Crippen LogP contribution in [0.4, 0.5) is 0 Å². The van der Waals surface area contributed by atoms with Gasteiger partial charge in [0.05, 0.1) is 21.3 Å². The maximum absolute atomic E-state index is 6.17. The summed E-state index contributed by atoms with van der Waals surface area (Å²) in [5, 5.41) is 4.62. The Bertz CT molecular complexity index is 632. The van der Waals surface area contributed by atoms with Crippen molar-refractivity contribution >= 4 is 23.2 Å². The minimum Gasteiger partial charge on any atom is -0.493 e. The van der Waals surface area contributed by atoms with Crippen LogP contribution < -0.4 is 19.5 Å². The predicted molar refractivity (Wildman–Crippen MR) is 93.1 cm³/mol. The lowest BCUT2D eigenvalue weighted by Crippen LogP contribution is -2.13. The number of nitrogens with one attached hydrogen (secondary N) is 1. The highest BCUT2D eigenvalue weighted by atomic mass is 35.5. The Balaban J connectivity index is 2.12. The molecule has 0 heterocycles. The highest BCUT2D eigenvalue weighted by Crippen LogP contribution is 2.38. The van der Waals surface area contributed by atoms with E-state index < -0.39 is 0 Å². The van der Waals surface area contributed by atoms with Gasteiger partial charge < -0.3 is 19.5 Å². The molecular formula is C17H19Cl2NO3. The molecular weight excluding hydrogens is 337 g/mol. The number of hydrogen-bond acceptors (Lipinski definition) is 4. The first-order valence-corrected chi connectivity index (χ1v) is 7.78. The third kappa shape index (κ3) is 4.22. The van der Waals surface area contributed by atoms with Crippen LogP contribution in [0.3, 0.4) is 0 Å². The molecule has 4 nitrogen and oxygen atoms in total. The van der Waals surface area contributed by atoms with Crippen molar-refractivity contribution in [2.45, 2.75) is 13.1 Å². The zero-order valence-electron chi connectivity index (χ0n) is 13.3. The molecule has 0 aliphatic heterocycles. The van der Waals surface area contributed by atoms with Crippen molar-refractivity contribution < 1.29 is 14.2 Å². The second kappa shape index (κ2) is 8.29. The average Bonchev–Trinajstić information content (AvgIpc) is 2.56. The van der Waals surface area contributed by atoms with Crippen LogP contribution in [0.1, 0.15) is 11.1 Å². The number of halogens is 2. The summed E-state index contributed by atoms with van der Waals surface area (Å²) in [5.41, 5.74) is 1.88. The largest absolute Gasteiger partial charge is 0.493 e. The quantitative estimate of drug-likeness (QED) is 0.803. The third-order valence-electron chi connectivity index (χ3n) is 3.42. The Hall–Kier alpha value is -1.62. The van der Waals surface area contributed by atoms with Crippen LogP contribution in [-0.2, 0) is 13.1 Å². The van der Waals surface area contributed by atoms with Gasteiger partial charge in [0.25, 0.3) is 0 Å². The molecule has 23 heavy (non-hydrogen) atoms. The first kappa shape index (κ1) is 17.7. The molecule has 1 N–H and O–H groups in total. The lowest BCUT2D eigenvalue weighted by molar-refractivity contribution is 0.323. The summed E-state index contributed by atoms with van der Waals surface area (Å²) in [5.74, 6) is 1.83. The van der Waals surface area contributed by atoms with Gasteiger partial charge in [-0.05, 0) is 29.8 Å². The maximum Gasteiger partial charge on any atom is 0.203 e. The van der Waals surface area contributed by atoms with Crippen LogP contribution in [0.25, 0.3) is 0 Å². The molecule has 0 aliphatic rings. The van der Waals surface area contributed by atoms with Crippen molar-refractivity contribution in [2.24, 2.45) is 0 Å². The van der Waals surface area contributed by atoms with Gasteiger partial charge in [-0.15, -0.1) is 0 Å². The van der Waals surface area contributed by atoms with Crippen LogP contribution in [-0.4, -0.2) is 21.3 Å². The highest BCUT2D eigenvalue weighted by Gasteiger charge is 2.13. The number of rotatable bonds is 7. The summed E-state index contributed by atoms with van der Waals surface area (Å²) in [7, 11) is 4.77. The minimum absolute atomic E-state index is 0.565. The van der Waals surface area contributed by atoms with Crippen LogP contribution in [0.5, 0.6) is 17.2 Å². The van der Waals surface area contributed by atoms with E-state index in [0.717, 1.165) is 11.1 Å². The molecule has 0 radical (unpaired) electrons. The van der Waals surface area contributed by atoms with Gasteiger partial charge in [0, 0.05) is 28.7 Å². The van der Waals surface area contributed by atoms with Crippen molar-refractivity contribution in [3.05, 3.63) is 51.5 Å². The third-order valence-corrected chi connectivity index (χ3v) is 4.13. The molecule has 0 fully saturated rings. The first-order valence-electron chi connectivity index (χ1n) is 7.03. The van der Waals surface area contributed by atoms with E-state index in [-0.39, 0.29) is 0 Å². The molecule has 6 heteroatoms. The van der Waals surface area contributed by atoms with Crippen molar-refractivity contribution in [3.63, 3.8) is 0 Å². The van der Waals surface area contributed by atoms with E-state index in [1.54, 1.807) is 21.3 Å². The van der Waals surface area contributed by atoms with Gasteiger partial charge in [-0.1, -0.05) is 29.3 Å². The molecule has 0 amide bonds. The van der Waals surface area contributed by atoms with Gasteiger partial charge in [0.2, 0.25) is 5.75 Å². The van der Waals surface area contributed by atoms with Crippen molar-refractivity contribution in [2.75, 3.05) is 21.3 Å². The minimum atomic E-state index is 0.565. The van der Waals surface area contributed by atoms with E-state index in [0.29, 0.717) is 40.4 Å². The Morgan fingerprint density at radius 3 is 1.91 bits per heavy atom. The van der Waals surface area contributed by atoms with E-state index >= 15 is 0 Å². The molecule has 2 aromatic carbocycles. The fraction of sp³-hybridized carbons (Fsp3) is 0.294. The van der Waals surface area contributed by atoms with Gasteiger partial charge >= 0.3 is 0 Å². The Labute approximate surface area is 146 Å². The highest BCUT2D eigenvalue weighted by molar-refractivity contribution is 6.35. The van der Waals surface area contributed by atoms with Crippen molar-refractivity contribution in [3.8, 4) is 17.2 Å². The van der Waals surface area contributed by atoms with E-state index in [9.17, 15) is 0 Å². The standard InChI is InChI=1S/C17H19Cl2NO3/c1-21-15-7-11(8-16(22-2)17(15)23-3)9-20-10-12-13(18)5-4-6-14(12)19/h4-8,20H,9-10H2,1-3H3. The topological polar surface area (TPSA) is 39.7 Å². The molecule has 0 saturated heterocycles. The molecule has 0 atom stereocenters. The summed E-state index contributed by atoms with van der Waals surface area (Å²) in [6.45, 7) is 1.17. The lowest BCUT2D eigenvalue weighted by Gasteiger charge is -2.15. The molecule has 124 valence electrons. The monoisotopic (exact) mass is 355 g/mol. The molecule has 0 unspecified atom stereocenters. The summed E-state index contributed by atoms with van der Waals surface area (Å²) < 4.78 is 16.0. The van der Waals surface area contributed by atoms with Gasteiger partial charge in [-0.25, -0.2) is 0 Å². The summed E-state index contributed by atoms with van der Waals surface area (Å²) in [4.78, 5) is 0. The fourth-order valence-electron chi connectivity index (χ4n) is 2.27. The summed E-state index contributed by atoms with van der Waals surface area (Å²) in [6, 6.07) is 9.28. The van der Waals surface area contributed by atoms with Crippen LogP contribution >= 0.6 is 23.2 Å². The Kier molecular flexibility index (Phi) is 6.39. The smallest absolute Gasteiger partial charge is 0.203 e. The van der Waals surface area contributed by atoms with Crippen molar-refractivity contribution in [1.82, 2.24) is 5.32 Å². The molecule has 2 rings (SSSR count). The SMILES string of the molecule is COc1cc(CNCc2c(Cl)cccc2Cl)cc(OC)c1OC. The normalized spacial score (nSPS) is 10.5. The summed E-state index contributed by atoms with van der Waals surface area (Å²) in [6.07, 6.45) is 0. The maximum atomic E-state index is 6.17. The summed E-state index contributed by atoms with van der Waals surface area (Å²) >= 11 is 12.3. The molecule has 0 aliphatic carbocycles. The second-order valence-corrected chi connectivity index (χ2v) is 5.65. The Morgan fingerprint density at radius 2 is 1.43 bits per heavy atom. The lowest BCUT2D eigenvalue weighted by atomic mass is 10.1. The zero-order chi connectivity index (χ0) is 16.8. The fourth-order valence-corrected chi connectivity index (χ4v) is 2.80. The van der Waals surface area contributed by atoms with E-state index in [2.05, 4.69) is 5.32 Å². The number of benzene rings is 2. The predicted octanol–water partition coefficient (Wildman–Crippen LogP) is 4.31. The molecule has 0 saturated carbocycles. The van der Waals surface area contributed by atoms with Gasteiger partial charge in [-0.3, -0.25) is 0 Å². The van der Waals surface area contributed by atoms with Crippen LogP contribution in [0.2, 0.25) is 10.0 Å². The zero-order valence-corrected chi connectivity index (χ0v) is 14.8. The van der Waals surface area contributed by atoms with Crippen LogP contribution in [0.15, 0.2) is 30.3 Å². The molecule has 0 aromatic heterocycles. The molecule has 2 aromatic rings. The Morgan fingerprint density at radius 1 is 0.870 bits per heavy atom. The number of methoxy groups -OCH3 is 3. The molecule has 0 spiro atoms. The van der Waals surface area contributed by atoms with Crippen LogP contribution in [0, 0.1) is 0 Å². The molecule has 0 bridgehead atoms. The second-order valence-electron chi connectivity index (χ2n) is 4.84. The van der Waals surface area contributed by atoms with Crippen molar-refractivity contribution in [1.29, 1.82) is 0 Å². The van der Waals surface area contributed by atoms with E-state index in [4.69, 9.17) is 37.4 Å². The number of hydrogen-bond donors (Lipinski definition) is 1. The van der Waals surface area contributed by atoms with E-state index in [1.165, 1.54) is 0 Å². The van der Waals surface area contributed by atoms with Gasteiger partial charge in [0.1, 0.15) is 0 Å². The van der Waals surface area contributed by atoms with Gasteiger partial charge in [-0.2, -0.15) is 0 Å². The van der Waals surface area contributed by atoms with Gasteiger partial charge in [0.15, 0.2) is 11.5 Å². The average molecular weight is 356 g/mol.